The van der Waals surface area contributed by atoms with E-state index in [4.69, 9.17) is 10.5 Å². The Bertz CT molecular complexity index is 720. The molecule has 0 bridgehead atoms. The summed E-state index contributed by atoms with van der Waals surface area (Å²) in [6, 6.07) is 3.41. The number of thiophene rings is 2. The topological polar surface area (TPSA) is 98.5 Å². The lowest BCUT2D eigenvalue weighted by molar-refractivity contribution is 0.0531. The second kappa shape index (κ2) is 6.71. The molecule has 0 aliphatic rings. The zero-order chi connectivity index (χ0) is 16.3. The lowest BCUT2D eigenvalue weighted by Gasteiger charge is -2.03. The van der Waals surface area contributed by atoms with E-state index in [1.165, 1.54) is 11.3 Å². The van der Waals surface area contributed by atoms with Crippen LogP contribution >= 0.6 is 22.7 Å². The first-order valence-electron chi connectivity index (χ1n) is 6.40. The fourth-order valence-electron chi connectivity index (χ4n) is 1.86. The summed E-state index contributed by atoms with van der Waals surface area (Å²) in [6.07, 6.45) is 0. The summed E-state index contributed by atoms with van der Waals surface area (Å²) in [7, 11) is 0. The van der Waals surface area contributed by atoms with Crippen LogP contribution in [0.3, 0.4) is 0 Å². The first kappa shape index (κ1) is 16.2. The van der Waals surface area contributed by atoms with Gasteiger partial charge in [-0.15, -0.1) is 22.7 Å². The molecule has 2 heterocycles. The fourth-order valence-corrected chi connectivity index (χ4v) is 3.58. The SMILES string of the molecule is CCOC(=O)c1sc(NC(=O)c2cccs2)c(C(N)=O)c1C. The molecule has 0 aliphatic heterocycles. The number of hydrogen-bond donors (Lipinski definition) is 2. The maximum absolute atomic E-state index is 12.1. The molecule has 3 N–H and O–H groups in total. The number of nitrogens with one attached hydrogen (secondary N) is 1. The van der Waals surface area contributed by atoms with E-state index in [2.05, 4.69) is 5.32 Å². The van der Waals surface area contributed by atoms with Gasteiger partial charge < -0.3 is 15.8 Å². The predicted octanol–water partition coefficient (Wildman–Crippen LogP) is 2.65. The smallest absolute Gasteiger partial charge is 0.348 e. The molecule has 0 spiro atoms. The number of carbonyl (C=O) groups is 3. The van der Waals surface area contributed by atoms with Gasteiger partial charge in [-0.2, -0.15) is 0 Å². The van der Waals surface area contributed by atoms with E-state index in [-0.39, 0.29) is 28.0 Å². The van der Waals surface area contributed by atoms with Gasteiger partial charge in [0.05, 0.1) is 17.0 Å². The molecule has 0 saturated heterocycles. The van der Waals surface area contributed by atoms with Crippen LogP contribution in [-0.2, 0) is 4.74 Å². The van der Waals surface area contributed by atoms with Crippen molar-refractivity contribution < 1.29 is 19.1 Å². The van der Waals surface area contributed by atoms with Crippen LogP contribution < -0.4 is 11.1 Å². The summed E-state index contributed by atoms with van der Waals surface area (Å²) in [4.78, 5) is 36.4. The van der Waals surface area contributed by atoms with Crippen LogP contribution in [0.4, 0.5) is 5.00 Å². The molecule has 6 nitrogen and oxygen atoms in total. The van der Waals surface area contributed by atoms with Gasteiger partial charge in [-0.1, -0.05) is 6.07 Å². The van der Waals surface area contributed by atoms with Gasteiger partial charge in [0.15, 0.2) is 0 Å². The minimum absolute atomic E-state index is 0.137. The largest absolute Gasteiger partial charge is 0.462 e. The Hall–Kier alpha value is -2.19. The van der Waals surface area contributed by atoms with Crippen LogP contribution in [0.5, 0.6) is 0 Å². The minimum atomic E-state index is -0.703. The molecule has 2 amide bonds. The Morgan fingerprint density at radius 1 is 1.36 bits per heavy atom. The molecule has 0 aromatic carbocycles. The van der Waals surface area contributed by atoms with Crippen molar-refractivity contribution in [3.8, 4) is 0 Å². The van der Waals surface area contributed by atoms with Crippen LogP contribution in [0.15, 0.2) is 17.5 Å². The van der Waals surface area contributed by atoms with E-state index in [1.54, 1.807) is 31.4 Å². The van der Waals surface area contributed by atoms with E-state index >= 15 is 0 Å². The highest BCUT2D eigenvalue weighted by Gasteiger charge is 2.25. The number of carbonyl (C=O) groups excluding carboxylic acids is 3. The molecule has 0 unspecified atom stereocenters. The van der Waals surface area contributed by atoms with Crippen molar-refractivity contribution in [3.63, 3.8) is 0 Å². The van der Waals surface area contributed by atoms with E-state index in [0.717, 1.165) is 11.3 Å². The van der Waals surface area contributed by atoms with Crippen molar-refractivity contribution in [2.45, 2.75) is 13.8 Å². The molecule has 2 aromatic heterocycles. The third kappa shape index (κ3) is 3.18. The summed E-state index contributed by atoms with van der Waals surface area (Å²) in [5.41, 5.74) is 5.92. The molecule has 8 heteroatoms. The summed E-state index contributed by atoms with van der Waals surface area (Å²) < 4.78 is 4.94. The molecule has 2 rings (SSSR count). The molecule has 0 saturated carbocycles. The number of primary amides is 1. The maximum atomic E-state index is 12.1. The molecule has 22 heavy (non-hydrogen) atoms. The molecular formula is C14H14N2O4S2. The summed E-state index contributed by atoms with van der Waals surface area (Å²) in [5, 5.41) is 4.66. The summed E-state index contributed by atoms with van der Waals surface area (Å²) in [5.74, 6) is -1.59. The third-order valence-corrected chi connectivity index (χ3v) is 4.88. The van der Waals surface area contributed by atoms with Crippen molar-refractivity contribution in [2.24, 2.45) is 5.73 Å². The van der Waals surface area contributed by atoms with Crippen LogP contribution in [-0.4, -0.2) is 24.4 Å². The standard InChI is InChI=1S/C14H14N2O4S2/c1-3-20-14(19)10-7(2)9(11(15)17)13(22-10)16-12(18)8-5-4-6-21-8/h4-6H,3H2,1-2H3,(H2,15,17)(H,16,18). The van der Waals surface area contributed by atoms with Gasteiger partial charge in [0.25, 0.3) is 11.8 Å². The van der Waals surface area contributed by atoms with Crippen molar-refractivity contribution >= 4 is 45.5 Å². The Kier molecular flexibility index (Phi) is 4.94. The maximum Gasteiger partial charge on any atom is 0.348 e. The molecular weight excluding hydrogens is 324 g/mol. The highest BCUT2D eigenvalue weighted by atomic mass is 32.1. The number of rotatable bonds is 5. The van der Waals surface area contributed by atoms with E-state index in [1.807, 2.05) is 0 Å². The van der Waals surface area contributed by atoms with Gasteiger partial charge in [0.2, 0.25) is 0 Å². The summed E-state index contributed by atoms with van der Waals surface area (Å²) in [6.45, 7) is 3.51. The lowest BCUT2D eigenvalue weighted by Crippen LogP contribution is -2.17. The average molecular weight is 338 g/mol. The van der Waals surface area contributed by atoms with Crippen LogP contribution in [0, 0.1) is 6.92 Å². The van der Waals surface area contributed by atoms with Crippen molar-refractivity contribution in [1.82, 2.24) is 0 Å². The second-order valence-corrected chi connectivity index (χ2v) is 6.24. The Morgan fingerprint density at radius 2 is 2.09 bits per heavy atom. The zero-order valence-corrected chi connectivity index (χ0v) is 13.6. The van der Waals surface area contributed by atoms with Crippen LogP contribution in [0.2, 0.25) is 0 Å². The number of esters is 1. The highest BCUT2D eigenvalue weighted by molar-refractivity contribution is 7.19. The molecule has 116 valence electrons. The molecule has 0 atom stereocenters. The van der Waals surface area contributed by atoms with Gasteiger partial charge in [0.1, 0.15) is 9.88 Å². The van der Waals surface area contributed by atoms with Gasteiger partial charge in [-0.05, 0) is 30.9 Å². The van der Waals surface area contributed by atoms with Gasteiger partial charge in [0, 0.05) is 0 Å². The zero-order valence-electron chi connectivity index (χ0n) is 12.0. The predicted molar refractivity (Wildman–Crippen MR) is 85.8 cm³/mol. The lowest BCUT2D eigenvalue weighted by atomic mass is 10.1. The molecule has 0 aliphatic carbocycles. The van der Waals surface area contributed by atoms with Crippen molar-refractivity contribution in [1.29, 1.82) is 0 Å². The first-order chi connectivity index (χ1) is 10.5. The Labute approximate surface area is 134 Å². The monoisotopic (exact) mass is 338 g/mol. The van der Waals surface area contributed by atoms with Gasteiger partial charge in [-0.25, -0.2) is 4.79 Å². The molecule has 2 aromatic rings. The Morgan fingerprint density at radius 3 is 2.64 bits per heavy atom. The average Bonchev–Trinajstić information content (AvgIpc) is 3.07. The number of anilines is 1. The second-order valence-electron chi connectivity index (χ2n) is 4.28. The van der Waals surface area contributed by atoms with Gasteiger partial charge >= 0.3 is 5.97 Å². The number of nitrogens with two attached hydrogens (primary N) is 1. The normalized spacial score (nSPS) is 10.3. The quantitative estimate of drug-likeness (QED) is 0.819. The minimum Gasteiger partial charge on any atom is -0.462 e. The third-order valence-electron chi connectivity index (χ3n) is 2.83. The first-order valence-corrected chi connectivity index (χ1v) is 8.10. The number of ether oxygens (including phenoxy) is 1. The van der Waals surface area contributed by atoms with E-state index in [0.29, 0.717) is 10.4 Å². The highest BCUT2D eigenvalue weighted by Crippen LogP contribution is 2.33. The Balaban J connectivity index is 2.38. The van der Waals surface area contributed by atoms with Gasteiger partial charge in [-0.3, -0.25) is 9.59 Å². The van der Waals surface area contributed by atoms with E-state index in [9.17, 15) is 14.4 Å². The fraction of sp³-hybridized carbons (Fsp3) is 0.214. The van der Waals surface area contributed by atoms with Crippen LogP contribution in [0.25, 0.3) is 0 Å². The number of amides is 2. The van der Waals surface area contributed by atoms with Crippen molar-refractivity contribution in [2.75, 3.05) is 11.9 Å². The van der Waals surface area contributed by atoms with Crippen molar-refractivity contribution in [3.05, 3.63) is 38.4 Å². The number of hydrogen-bond acceptors (Lipinski definition) is 6. The molecule has 0 radical (unpaired) electrons. The summed E-state index contributed by atoms with van der Waals surface area (Å²) >= 11 is 2.26. The van der Waals surface area contributed by atoms with E-state index < -0.39 is 11.9 Å². The molecule has 0 fully saturated rings. The van der Waals surface area contributed by atoms with Crippen LogP contribution in [0.1, 0.15) is 42.2 Å².